The Morgan fingerprint density at radius 3 is 2.13 bits per heavy atom. The molecule has 0 bridgehead atoms. The summed E-state index contributed by atoms with van der Waals surface area (Å²) >= 11 is 1.46. The van der Waals surface area contributed by atoms with Gasteiger partial charge < -0.3 is 10.6 Å². The van der Waals surface area contributed by atoms with Gasteiger partial charge in [0.2, 0.25) is 11.8 Å². The topological polar surface area (TPSA) is 58.2 Å². The van der Waals surface area contributed by atoms with E-state index in [0.29, 0.717) is 5.75 Å². The molecule has 0 heterocycles. The predicted molar refractivity (Wildman–Crippen MR) is 96.0 cm³/mol. The molecule has 2 N–H and O–H groups in total. The first-order chi connectivity index (χ1) is 11.0. The number of nitrogens with one attached hydrogen (secondary N) is 2. The third-order valence-corrected chi connectivity index (χ3v) is 4.30. The van der Waals surface area contributed by atoms with Crippen LogP contribution >= 0.6 is 11.8 Å². The summed E-state index contributed by atoms with van der Waals surface area (Å²) in [5.74, 6) is 0.212. The van der Waals surface area contributed by atoms with Gasteiger partial charge in [-0.3, -0.25) is 9.59 Å². The Hall–Kier alpha value is -2.27. The fourth-order valence-corrected chi connectivity index (χ4v) is 2.87. The van der Waals surface area contributed by atoms with E-state index in [1.54, 1.807) is 0 Å². The molecule has 4 nitrogen and oxygen atoms in total. The fraction of sp³-hybridized carbons (Fsp3) is 0.222. The van der Waals surface area contributed by atoms with Crippen LogP contribution in [0, 0.1) is 13.8 Å². The molecular formula is C18H20N2O2S. The molecule has 0 aromatic heterocycles. The van der Waals surface area contributed by atoms with Crippen LogP contribution in [0.2, 0.25) is 0 Å². The second kappa shape index (κ2) is 7.83. The molecule has 120 valence electrons. The van der Waals surface area contributed by atoms with Crippen LogP contribution in [0.3, 0.4) is 0 Å². The number of carbonyl (C=O) groups excluding carboxylic acids is 2. The monoisotopic (exact) mass is 328 g/mol. The van der Waals surface area contributed by atoms with E-state index < -0.39 is 0 Å². The summed E-state index contributed by atoms with van der Waals surface area (Å²) in [4.78, 5) is 24.1. The van der Waals surface area contributed by atoms with E-state index in [0.717, 1.165) is 27.4 Å². The highest BCUT2D eigenvalue weighted by molar-refractivity contribution is 8.00. The maximum Gasteiger partial charge on any atom is 0.234 e. The molecule has 0 atom stereocenters. The number of hydrogen-bond donors (Lipinski definition) is 2. The Kier molecular flexibility index (Phi) is 5.82. The second-order valence-electron chi connectivity index (χ2n) is 5.31. The quantitative estimate of drug-likeness (QED) is 0.816. The van der Waals surface area contributed by atoms with E-state index in [2.05, 4.69) is 10.6 Å². The van der Waals surface area contributed by atoms with Crippen molar-refractivity contribution in [3.05, 3.63) is 53.6 Å². The van der Waals surface area contributed by atoms with E-state index >= 15 is 0 Å². The molecule has 0 unspecified atom stereocenters. The van der Waals surface area contributed by atoms with E-state index in [4.69, 9.17) is 0 Å². The summed E-state index contributed by atoms with van der Waals surface area (Å²) in [7, 11) is 0. The molecule has 2 aromatic rings. The summed E-state index contributed by atoms with van der Waals surface area (Å²) in [6, 6.07) is 13.4. The molecule has 0 radical (unpaired) electrons. The summed E-state index contributed by atoms with van der Waals surface area (Å²) in [6.45, 7) is 5.44. The average Bonchev–Trinajstić information content (AvgIpc) is 2.50. The third-order valence-electron chi connectivity index (χ3n) is 3.29. The highest BCUT2D eigenvalue weighted by atomic mass is 32.2. The van der Waals surface area contributed by atoms with E-state index in [9.17, 15) is 9.59 Å². The lowest BCUT2D eigenvalue weighted by Gasteiger charge is -2.11. The minimum Gasteiger partial charge on any atom is -0.326 e. The Morgan fingerprint density at radius 1 is 0.957 bits per heavy atom. The summed E-state index contributed by atoms with van der Waals surface area (Å²) in [6.07, 6.45) is 0. The SMILES string of the molecule is CC(=O)Nc1ccc(SCC(=O)Nc2c(C)cccc2C)cc1. The zero-order valence-electron chi connectivity index (χ0n) is 13.5. The second-order valence-corrected chi connectivity index (χ2v) is 6.36. The van der Waals surface area contributed by atoms with Crippen LogP contribution in [0.15, 0.2) is 47.4 Å². The fourth-order valence-electron chi connectivity index (χ4n) is 2.17. The highest BCUT2D eigenvalue weighted by Gasteiger charge is 2.08. The van der Waals surface area contributed by atoms with Crippen molar-refractivity contribution in [1.82, 2.24) is 0 Å². The number of benzene rings is 2. The number of aryl methyl sites for hydroxylation is 2. The lowest BCUT2D eigenvalue weighted by Crippen LogP contribution is -2.15. The largest absolute Gasteiger partial charge is 0.326 e. The first kappa shape index (κ1) is 17.1. The minimum absolute atomic E-state index is 0.0293. The van der Waals surface area contributed by atoms with Crippen LogP contribution in [-0.4, -0.2) is 17.6 Å². The summed E-state index contributed by atoms with van der Waals surface area (Å²) < 4.78 is 0. The molecular weight excluding hydrogens is 308 g/mol. The van der Waals surface area contributed by atoms with Crippen molar-refractivity contribution >= 4 is 35.0 Å². The van der Waals surface area contributed by atoms with Gasteiger partial charge in [0.25, 0.3) is 0 Å². The van der Waals surface area contributed by atoms with Gasteiger partial charge in [-0.1, -0.05) is 18.2 Å². The van der Waals surface area contributed by atoms with E-state index in [1.807, 2.05) is 56.3 Å². The standard InChI is InChI=1S/C18H20N2O2S/c1-12-5-4-6-13(2)18(12)20-17(22)11-23-16-9-7-15(8-10-16)19-14(3)21/h4-10H,11H2,1-3H3,(H,19,21)(H,20,22). The first-order valence-electron chi connectivity index (χ1n) is 7.32. The molecule has 0 aliphatic heterocycles. The van der Waals surface area contributed by atoms with Gasteiger partial charge in [-0.15, -0.1) is 11.8 Å². The number of thioether (sulfide) groups is 1. The zero-order chi connectivity index (χ0) is 16.8. The molecule has 0 aliphatic carbocycles. The highest BCUT2D eigenvalue weighted by Crippen LogP contribution is 2.22. The lowest BCUT2D eigenvalue weighted by molar-refractivity contribution is -0.114. The van der Waals surface area contributed by atoms with Crippen LogP contribution in [0.25, 0.3) is 0 Å². The molecule has 5 heteroatoms. The first-order valence-corrected chi connectivity index (χ1v) is 8.31. The molecule has 0 fully saturated rings. The van der Waals surface area contributed by atoms with Gasteiger partial charge in [0.15, 0.2) is 0 Å². The van der Waals surface area contributed by atoms with Gasteiger partial charge in [-0.25, -0.2) is 0 Å². The van der Waals surface area contributed by atoms with Crippen LogP contribution in [0.5, 0.6) is 0 Å². The van der Waals surface area contributed by atoms with Crippen LogP contribution in [0.4, 0.5) is 11.4 Å². The van der Waals surface area contributed by atoms with Gasteiger partial charge in [0.05, 0.1) is 5.75 Å². The smallest absolute Gasteiger partial charge is 0.234 e. The normalized spacial score (nSPS) is 10.2. The van der Waals surface area contributed by atoms with Crippen LogP contribution < -0.4 is 10.6 Å². The average molecular weight is 328 g/mol. The summed E-state index contributed by atoms with van der Waals surface area (Å²) in [5, 5.41) is 5.68. The molecule has 0 saturated carbocycles. The van der Waals surface area contributed by atoms with Crippen molar-refractivity contribution in [1.29, 1.82) is 0 Å². The molecule has 2 amide bonds. The van der Waals surface area contributed by atoms with Gasteiger partial charge in [-0.05, 0) is 49.2 Å². The number of anilines is 2. The Labute approximate surface area is 140 Å². The van der Waals surface area contributed by atoms with Crippen molar-refractivity contribution < 1.29 is 9.59 Å². The number of amides is 2. The predicted octanol–water partition coefficient (Wildman–Crippen LogP) is 3.99. The molecule has 23 heavy (non-hydrogen) atoms. The van der Waals surface area contributed by atoms with Gasteiger partial charge in [0.1, 0.15) is 0 Å². The van der Waals surface area contributed by atoms with E-state index in [-0.39, 0.29) is 11.8 Å². The van der Waals surface area contributed by atoms with Crippen molar-refractivity contribution in [3.8, 4) is 0 Å². The van der Waals surface area contributed by atoms with Gasteiger partial charge in [0, 0.05) is 23.2 Å². The lowest BCUT2D eigenvalue weighted by atomic mass is 10.1. The third kappa shape index (κ3) is 5.14. The van der Waals surface area contributed by atoms with Crippen LogP contribution in [-0.2, 0) is 9.59 Å². The summed E-state index contributed by atoms with van der Waals surface area (Å²) in [5.41, 5.74) is 3.76. The number of rotatable bonds is 5. The number of para-hydroxylation sites is 1. The molecule has 0 aliphatic rings. The molecule has 2 aromatic carbocycles. The molecule has 0 spiro atoms. The van der Waals surface area contributed by atoms with Crippen molar-refractivity contribution in [2.75, 3.05) is 16.4 Å². The molecule has 2 rings (SSSR count). The van der Waals surface area contributed by atoms with E-state index in [1.165, 1.54) is 18.7 Å². The Balaban J connectivity index is 1.90. The number of carbonyl (C=O) groups is 2. The maximum absolute atomic E-state index is 12.1. The minimum atomic E-state index is -0.0987. The zero-order valence-corrected chi connectivity index (χ0v) is 14.3. The Bertz CT molecular complexity index is 691. The maximum atomic E-state index is 12.1. The van der Waals surface area contributed by atoms with Gasteiger partial charge >= 0.3 is 0 Å². The Morgan fingerprint density at radius 2 is 1.57 bits per heavy atom. The number of hydrogen-bond acceptors (Lipinski definition) is 3. The van der Waals surface area contributed by atoms with Gasteiger partial charge in [-0.2, -0.15) is 0 Å². The van der Waals surface area contributed by atoms with Crippen molar-refractivity contribution in [3.63, 3.8) is 0 Å². The molecule has 0 saturated heterocycles. The van der Waals surface area contributed by atoms with Crippen LogP contribution in [0.1, 0.15) is 18.1 Å². The van der Waals surface area contributed by atoms with Crippen molar-refractivity contribution in [2.24, 2.45) is 0 Å². The van der Waals surface area contributed by atoms with Crippen molar-refractivity contribution in [2.45, 2.75) is 25.7 Å².